The van der Waals surface area contributed by atoms with Crippen LogP contribution >= 0.6 is 15.9 Å². The third-order valence-corrected chi connectivity index (χ3v) is 4.75. The fourth-order valence-corrected chi connectivity index (χ4v) is 3.13. The summed E-state index contributed by atoms with van der Waals surface area (Å²) in [6, 6.07) is 8.96. The SMILES string of the molecule is CCN(CCC(NC)c1ccccc1Br)CC1CC1. The molecule has 1 aromatic carbocycles. The topological polar surface area (TPSA) is 15.3 Å². The van der Waals surface area contributed by atoms with Crippen LogP contribution < -0.4 is 5.32 Å². The Morgan fingerprint density at radius 1 is 1.37 bits per heavy atom. The Kier molecular flexibility index (Phi) is 5.86. The normalized spacial score (nSPS) is 16.8. The van der Waals surface area contributed by atoms with Crippen LogP contribution in [-0.4, -0.2) is 31.6 Å². The van der Waals surface area contributed by atoms with Gasteiger partial charge in [0.1, 0.15) is 0 Å². The lowest BCUT2D eigenvalue weighted by atomic mass is 10.0. The second kappa shape index (κ2) is 7.41. The molecule has 0 radical (unpaired) electrons. The molecule has 0 aliphatic heterocycles. The van der Waals surface area contributed by atoms with Gasteiger partial charge in [0, 0.05) is 17.1 Å². The van der Waals surface area contributed by atoms with Gasteiger partial charge in [-0.25, -0.2) is 0 Å². The average Bonchev–Trinajstić information content (AvgIpc) is 3.23. The summed E-state index contributed by atoms with van der Waals surface area (Å²) < 4.78 is 1.21. The van der Waals surface area contributed by atoms with Crippen molar-refractivity contribution in [2.45, 2.75) is 32.2 Å². The molecule has 2 rings (SSSR count). The van der Waals surface area contributed by atoms with E-state index in [2.05, 4.69) is 64.4 Å². The molecule has 2 nitrogen and oxygen atoms in total. The summed E-state index contributed by atoms with van der Waals surface area (Å²) in [4.78, 5) is 2.60. The molecule has 0 bridgehead atoms. The number of nitrogens with one attached hydrogen (secondary N) is 1. The first-order chi connectivity index (χ1) is 9.24. The van der Waals surface area contributed by atoms with E-state index < -0.39 is 0 Å². The zero-order chi connectivity index (χ0) is 13.7. The van der Waals surface area contributed by atoms with Crippen LogP contribution in [0.4, 0.5) is 0 Å². The summed E-state index contributed by atoms with van der Waals surface area (Å²) in [5.74, 6) is 0.983. The van der Waals surface area contributed by atoms with Crippen molar-refractivity contribution in [3.63, 3.8) is 0 Å². The summed E-state index contributed by atoms with van der Waals surface area (Å²) in [7, 11) is 2.06. The highest BCUT2D eigenvalue weighted by atomic mass is 79.9. The van der Waals surface area contributed by atoms with Crippen molar-refractivity contribution >= 4 is 15.9 Å². The first kappa shape index (κ1) is 15.0. The molecule has 0 amide bonds. The van der Waals surface area contributed by atoms with Crippen molar-refractivity contribution in [3.05, 3.63) is 34.3 Å². The van der Waals surface area contributed by atoms with Crippen LogP contribution in [0, 0.1) is 5.92 Å². The van der Waals surface area contributed by atoms with Gasteiger partial charge in [0.15, 0.2) is 0 Å². The predicted octanol–water partition coefficient (Wildman–Crippen LogP) is 3.83. The molecule has 19 heavy (non-hydrogen) atoms. The van der Waals surface area contributed by atoms with E-state index in [-0.39, 0.29) is 0 Å². The molecule has 1 fully saturated rings. The number of benzene rings is 1. The molecule has 0 spiro atoms. The molecule has 0 saturated heterocycles. The van der Waals surface area contributed by atoms with E-state index in [1.54, 1.807) is 0 Å². The van der Waals surface area contributed by atoms with Gasteiger partial charge in [0.2, 0.25) is 0 Å². The fraction of sp³-hybridized carbons (Fsp3) is 0.625. The maximum absolute atomic E-state index is 3.66. The molecule has 1 aliphatic rings. The zero-order valence-electron chi connectivity index (χ0n) is 12.0. The van der Waals surface area contributed by atoms with Crippen LogP contribution in [0.1, 0.15) is 37.8 Å². The first-order valence-corrected chi connectivity index (χ1v) is 8.18. The Bertz CT molecular complexity index is 390. The maximum Gasteiger partial charge on any atom is 0.0340 e. The lowest BCUT2D eigenvalue weighted by molar-refractivity contribution is 0.261. The van der Waals surface area contributed by atoms with Crippen molar-refractivity contribution in [2.24, 2.45) is 5.92 Å². The zero-order valence-corrected chi connectivity index (χ0v) is 13.6. The van der Waals surface area contributed by atoms with Gasteiger partial charge in [0.05, 0.1) is 0 Å². The molecular formula is C16H25BrN2. The van der Waals surface area contributed by atoms with E-state index in [9.17, 15) is 0 Å². The van der Waals surface area contributed by atoms with Crippen molar-refractivity contribution in [1.29, 1.82) is 0 Å². The monoisotopic (exact) mass is 324 g/mol. The predicted molar refractivity (Wildman–Crippen MR) is 85.4 cm³/mol. The van der Waals surface area contributed by atoms with E-state index in [1.807, 2.05) is 0 Å². The largest absolute Gasteiger partial charge is 0.313 e. The molecule has 1 aliphatic carbocycles. The summed E-state index contributed by atoms with van der Waals surface area (Å²) in [6.07, 6.45) is 4.05. The first-order valence-electron chi connectivity index (χ1n) is 7.38. The molecule has 3 heteroatoms. The van der Waals surface area contributed by atoms with E-state index >= 15 is 0 Å². The summed E-state index contributed by atoms with van der Waals surface area (Å²) in [5, 5.41) is 3.45. The highest BCUT2D eigenvalue weighted by Crippen LogP contribution is 2.30. The van der Waals surface area contributed by atoms with Crippen molar-refractivity contribution in [2.75, 3.05) is 26.7 Å². The minimum Gasteiger partial charge on any atom is -0.313 e. The van der Waals surface area contributed by atoms with Crippen LogP contribution in [0.3, 0.4) is 0 Å². The number of hydrogen-bond donors (Lipinski definition) is 1. The minimum absolute atomic E-state index is 0.434. The lowest BCUT2D eigenvalue weighted by Crippen LogP contribution is -2.30. The van der Waals surface area contributed by atoms with Gasteiger partial charge in [-0.15, -0.1) is 0 Å². The van der Waals surface area contributed by atoms with Gasteiger partial charge >= 0.3 is 0 Å². The van der Waals surface area contributed by atoms with Crippen molar-refractivity contribution in [3.8, 4) is 0 Å². The molecule has 0 heterocycles. The Labute approximate surface area is 125 Å². The van der Waals surface area contributed by atoms with Gasteiger partial charge in [0.25, 0.3) is 0 Å². The second-order valence-corrected chi connectivity index (χ2v) is 6.34. The quantitative estimate of drug-likeness (QED) is 0.781. The maximum atomic E-state index is 3.66. The molecule has 1 atom stereocenters. The highest BCUT2D eigenvalue weighted by Gasteiger charge is 2.24. The number of hydrogen-bond acceptors (Lipinski definition) is 2. The van der Waals surface area contributed by atoms with Gasteiger partial charge in [-0.1, -0.05) is 41.1 Å². The summed E-state index contributed by atoms with van der Waals surface area (Å²) >= 11 is 3.66. The van der Waals surface area contributed by atoms with Crippen molar-refractivity contribution < 1.29 is 0 Å². The lowest BCUT2D eigenvalue weighted by Gasteiger charge is -2.24. The molecule has 106 valence electrons. The van der Waals surface area contributed by atoms with Crippen LogP contribution in [0.15, 0.2) is 28.7 Å². The highest BCUT2D eigenvalue weighted by molar-refractivity contribution is 9.10. The minimum atomic E-state index is 0.434. The van der Waals surface area contributed by atoms with Crippen LogP contribution in [-0.2, 0) is 0 Å². The van der Waals surface area contributed by atoms with Crippen molar-refractivity contribution in [1.82, 2.24) is 10.2 Å². The van der Waals surface area contributed by atoms with Gasteiger partial charge < -0.3 is 10.2 Å². The van der Waals surface area contributed by atoms with Crippen LogP contribution in [0.25, 0.3) is 0 Å². The Morgan fingerprint density at radius 2 is 2.11 bits per heavy atom. The Balaban J connectivity index is 1.89. The standard InChI is InChI=1S/C16H25BrN2/c1-3-19(12-13-8-9-13)11-10-16(18-2)14-6-4-5-7-15(14)17/h4-7,13,16,18H,3,8-12H2,1-2H3. The van der Waals surface area contributed by atoms with Gasteiger partial charge in [-0.3, -0.25) is 0 Å². The number of halogens is 1. The van der Waals surface area contributed by atoms with E-state index in [0.717, 1.165) is 5.92 Å². The molecule has 1 aromatic rings. The second-order valence-electron chi connectivity index (χ2n) is 5.49. The van der Waals surface area contributed by atoms with Crippen LogP contribution in [0.2, 0.25) is 0 Å². The van der Waals surface area contributed by atoms with Gasteiger partial charge in [-0.2, -0.15) is 0 Å². The molecular weight excluding hydrogens is 300 g/mol. The Morgan fingerprint density at radius 3 is 2.68 bits per heavy atom. The molecule has 1 unspecified atom stereocenters. The summed E-state index contributed by atoms with van der Waals surface area (Å²) in [6.45, 7) is 5.92. The van der Waals surface area contributed by atoms with Gasteiger partial charge in [-0.05, 0) is 56.9 Å². The number of rotatable bonds is 8. The smallest absolute Gasteiger partial charge is 0.0340 e. The summed E-state index contributed by atoms with van der Waals surface area (Å²) in [5.41, 5.74) is 1.37. The number of nitrogens with zero attached hydrogens (tertiary/aromatic N) is 1. The third kappa shape index (κ3) is 4.59. The Hall–Kier alpha value is -0.380. The molecule has 1 N–H and O–H groups in total. The average molecular weight is 325 g/mol. The van der Waals surface area contributed by atoms with E-state index in [1.165, 1.54) is 48.9 Å². The molecule has 1 saturated carbocycles. The van der Waals surface area contributed by atoms with Crippen LogP contribution in [0.5, 0.6) is 0 Å². The fourth-order valence-electron chi connectivity index (χ4n) is 2.57. The third-order valence-electron chi connectivity index (χ3n) is 4.02. The van der Waals surface area contributed by atoms with E-state index in [4.69, 9.17) is 0 Å². The van der Waals surface area contributed by atoms with E-state index in [0.29, 0.717) is 6.04 Å². The molecule has 0 aromatic heterocycles.